The van der Waals surface area contributed by atoms with Gasteiger partial charge in [-0.1, -0.05) is 24.3 Å². The molecule has 2 aromatic carbocycles. The number of para-hydroxylation sites is 2. The smallest absolute Gasteiger partial charge is 0.256 e. The van der Waals surface area contributed by atoms with Gasteiger partial charge in [-0.05, 0) is 37.1 Å². The Kier molecular flexibility index (Phi) is 4.35. The number of nitrogens with one attached hydrogen (secondary N) is 1. The molecule has 2 aliphatic heterocycles. The molecule has 0 unspecified atom stereocenters. The molecule has 0 aromatic heterocycles. The zero-order valence-corrected chi connectivity index (χ0v) is 14.5. The summed E-state index contributed by atoms with van der Waals surface area (Å²) in [4.78, 5) is 41.3. The van der Waals surface area contributed by atoms with Crippen LogP contribution in [0.25, 0.3) is 0 Å². The molecule has 4 rings (SSSR count). The van der Waals surface area contributed by atoms with Crippen molar-refractivity contribution < 1.29 is 18.8 Å². The number of carbonyl (C=O) groups excluding carboxylic acids is 3. The number of carbonyl (C=O) groups is 3. The molecule has 2 heterocycles. The lowest BCUT2D eigenvalue weighted by molar-refractivity contribution is -0.124. The molecule has 1 saturated heterocycles. The van der Waals surface area contributed by atoms with Crippen molar-refractivity contribution in [2.45, 2.75) is 18.9 Å². The van der Waals surface area contributed by atoms with Crippen LogP contribution in [-0.2, 0) is 9.59 Å². The first-order valence-corrected chi connectivity index (χ1v) is 8.82. The first-order chi connectivity index (χ1) is 13.1. The average Bonchev–Trinajstić information content (AvgIpc) is 3.14. The second-order valence-corrected chi connectivity index (χ2v) is 6.63. The predicted octanol–water partition coefficient (Wildman–Crippen LogP) is 2.42. The molecule has 2 aliphatic rings. The third-order valence-corrected chi connectivity index (χ3v) is 4.94. The molecule has 138 valence electrons. The second kappa shape index (κ2) is 6.83. The van der Waals surface area contributed by atoms with Crippen LogP contribution in [0.5, 0.6) is 0 Å². The molecule has 1 atom stereocenters. The fraction of sp³-hybridized carbons (Fsp3) is 0.250. The molecule has 7 heteroatoms. The lowest BCUT2D eigenvalue weighted by Crippen LogP contribution is -2.47. The van der Waals surface area contributed by atoms with Crippen LogP contribution in [-0.4, -0.2) is 41.8 Å². The van der Waals surface area contributed by atoms with Gasteiger partial charge < -0.3 is 15.1 Å². The van der Waals surface area contributed by atoms with Gasteiger partial charge in [0, 0.05) is 6.54 Å². The van der Waals surface area contributed by atoms with Crippen LogP contribution in [0.3, 0.4) is 0 Å². The highest BCUT2D eigenvalue weighted by molar-refractivity contribution is 6.13. The van der Waals surface area contributed by atoms with Crippen LogP contribution >= 0.6 is 0 Å². The third kappa shape index (κ3) is 3.05. The highest BCUT2D eigenvalue weighted by Gasteiger charge is 2.42. The number of benzene rings is 2. The van der Waals surface area contributed by atoms with Gasteiger partial charge in [0.05, 0.1) is 16.9 Å². The number of rotatable bonds is 3. The minimum absolute atomic E-state index is 0.0524. The Labute approximate surface area is 155 Å². The van der Waals surface area contributed by atoms with Gasteiger partial charge in [-0.3, -0.25) is 14.4 Å². The third-order valence-electron chi connectivity index (χ3n) is 4.94. The summed E-state index contributed by atoms with van der Waals surface area (Å²) in [6, 6.07) is 12.0. The number of halogens is 1. The highest BCUT2D eigenvalue weighted by atomic mass is 19.1. The minimum atomic E-state index is -0.564. The van der Waals surface area contributed by atoms with Gasteiger partial charge in [0.25, 0.3) is 5.91 Å². The SMILES string of the molecule is O=C(CN1C(=O)[C@@H]2CCCN2C(=O)c2ccccc21)Nc1ccccc1F. The lowest BCUT2D eigenvalue weighted by Gasteiger charge is -2.25. The van der Waals surface area contributed by atoms with Gasteiger partial charge in [-0.25, -0.2) is 4.39 Å². The van der Waals surface area contributed by atoms with Crippen molar-refractivity contribution in [1.82, 2.24) is 4.90 Å². The molecule has 3 amide bonds. The Morgan fingerprint density at radius 1 is 1.11 bits per heavy atom. The van der Waals surface area contributed by atoms with Crippen molar-refractivity contribution >= 4 is 29.1 Å². The summed E-state index contributed by atoms with van der Waals surface area (Å²) >= 11 is 0. The molecule has 0 saturated carbocycles. The van der Waals surface area contributed by atoms with Crippen LogP contribution in [0.1, 0.15) is 23.2 Å². The summed E-state index contributed by atoms with van der Waals surface area (Å²) in [5, 5.41) is 2.49. The molecule has 27 heavy (non-hydrogen) atoms. The quantitative estimate of drug-likeness (QED) is 0.906. The van der Waals surface area contributed by atoms with Gasteiger partial charge in [0.1, 0.15) is 18.4 Å². The maximum Gasteiger partial charge on any atom is 0.256 e. The van der Waals surface area contributed by atoms with Crippen LogP contribution in [0.2, 0.25) is 0 Å². The molecule has 1 fully saturated rings. The topological polar surface area (TPSA) is 69.7 Å². The number of fused-ring (bicyclic) bond motifs is 2. The standard InChI is InChI=1S/C20H18FN3O3/c21-14-7-2-3-8-15(14)22-18(25)12-24-16-9-4-1-6-13(16)19(26)23-11-5-10-17(23)20(24)27/h1-4,6-9,17H,5,10-12H2,(H,22,25)/t17-/m0/s1. The van der Waals surface area contributed by atoms with Crippen molar-refractivity contribution in [2.75, 3.05) is 23.3 Å². The molecular weight excluding hydrogens is 349 g/mol. The molecule has 0 radical (unpaired) electrons. The molecular formula is C20H18FN3O3. The summed E-state index contributed by atoms with van der Waals surface area (Å²) in [6.07, 6.45) is 1.32. The van der Waals surface area contributed by atoms with Gasteiger partial charge >= 0.3 is 0 Å². The largest absolute Gasteiger partial charge is 0.327 e. The van der Waals surface area contributed by atoms with Gasteiger partial charge in [0.15, 0.2) is 0 Å². The molecule has 0 aliphatic carbocycles. The lowest BCUT2D eigenvalue weighted by atomic mass is 10.1. The molecule has 6 nitrogen and oxygen atoms in total. The van der Waals surface area contributed by atoms with E-state index in [1.807, 2.05) is 0 Å². The van der Waals surface area contributed by atoms with E-state index in [0.717, 1.165) is 6.42 Å². The Hall–Kier alpha value is -3.22. The van der Waals surface area contributed by atoms with E-state index >= 15 is 0 Å². The fourth-order valence-electron chi connectivity index (χ4n) is 3.67. The normalized spacial score (nSPS) is 18.8. The number of anilines is 2. The number of hydrogen-bond donors (Lipinski definition) is 1. The van der Waals surface area contributed by atoms with Crippen LogP contribution in [0, 0.1) is 5.82 Å². The number of hydrogen-bond acceptors (Lipinski definition) is 3. The van der Waals surface area contributed by atoms with E-state index in [1.165, 1.54) is 23.1 Å². The maximum atomic E-state index is 13.8. The van der Waals surface area contributed by atoms with E-state index in [4.69, 9.17) is 0 Å². The van der Waals surface area contributed by atoms with Crippen LogP contribution < -0.4 is 10.2 Å². The summed E-state index contributed by atoms with van der Waals surface area (Å²) in [6.45, 7) is 0.237. The first-order valence-electron chi connectivity index (χ1n) is 8.82. The predicted molar refractivity (Wildman–Crippen MR) is 97.9 cm³/mol. The average molecular weight is 367 g/mol. The fourth-order valence-corrected chi connectivity index (χ4v) is 3.67. The summed E-state index contributed by atoms with van der Waals surface area (Å²) in [5.41, 5.74) is 0.858. The monoisotopic (exact) mass is 367 g/mol. The van der Waals surface area contributed by atoms with Crippen molar-refractivity contribution in [2.24, 2.45) is 0 Å². The Balaban J connectivity index is 1.65. The summed E-state index contributed by atoms with van der Waals surface area (Å²) < 4.78 is 13.8. The van der Waals surface area contributed by atoms with E-state index in [2.05, 4.69) is 5.32 Å². The maximum absolute atomic E-state index is 13.8. The zero-order chi connectivity index (χ0) is 19.0. The van der Waals surface area contributed by atoms with Crippen molar-refractivity contribution in [1.29, 1.82) is 0 Å². The van der Waals surface area contributed by atoms with Crippen molar-refractivity contribution in [3.63, 3.8) is 0 Å². The first kappa shape index (κ1) is 17.2. The van der Waals surface area contributed by atoms with E-state index < -0.39 is 17.8 Å². The summed E-state index contributed by atoms with van der Waals surface area (Å²) in [7, 11) is 0. The van der Waals surface area contributed by atoms with Gasteiger partial charge in [-0.2, -0.15) is 0 Å². The number of amides is 3. The van der Waals surface area contributed by atoms with Gasteiger partial charge in [-0.15, -0.1) is 0 Å². The van der Waals surface area contributed by atoms with Crippen molar-refractivity contribution in [3.05, 3.63) is 59.9 Å². The van der Waals surface area contributed by atoms with E-state index in [1.54, 1.807) is 35.2 Å². The van der Waals surface area contributed by atoms with E-state index in [9.17, 15) is 18.8 Å². The highest BCUT2D eigenvalue weighted by Crippen LogP contribution is 2.32. The summed E-state index contributed by atoms with van der Waals surface area (Å²) in [5.74, 6) is -1.55. The molecule has 2 aromatic rings. The number of nitrogens with zero attached hydrogens (tertiary/aromatic N) is 2. The Morgan fingerprint density at radius 2 is 1.85 bits per heavy atom. The van der Waals surface area contributed by atoms with Crippen LogP contribution in [0.15, 0.2) is 48.5 Å². The second-order valence-electron chi connectivity index (χ2n) is 6.63. The van der Waals surface area contributed by atoms with E-state index in [0.29, 0.717) is 24.2 Å². The van der Waals surface area contributed by atoms with Gasteiger partial charge in [0.2, 0.25) is 11.8 Å². The minimum Gasteiger partial charge on any atom is -0.327 e. The van der Waals surface area contributed by atoms with E-state index in [-0.39, 0.29) is 24.0 Å². The van der Waals surface area contributed by atoms with Crippen molar-refractivity contribution in [3.8, 4) is 0 Å². The Morgan fingerprint density at radius 3 is 2.67 bits per heavy atom. The zero-order valence-electron chi connectivity index (χ0n) is 14.5. The molecule has 0 spiro atoms. The van der Waals surface area contributed by atoms with Crippen LogP contribution in [0.4, 0.5) is 15.8 Å². The molecule has 0 bridgehead atoms. The Bertz CT molecular complexity index is 930. The molecule has 1 N–H and O–H groups in total.